The van der Waals surface area contributed by atoms with Gasteiger partial charge in [0.05, 0.1) is 11.4 Å². The van der Waals surface area contributed by atoms with Gasteiger partial charge in [0.15, 0.2) is 0 Å². The van der Waals surface area contributed by atoms with Crippen LogP contribution < -0.4 is 0 Å². The first kappa shape index (κ1) is 15.6. The van der Waals surface area contributed by atoms with E-state index in [0.717, 1.165) is 22.5 Å². The highest BCUT2D eigenvalue weighted by atomic mass is 14.7. The van der Waals surface area contributed by atoms with Gasteiger partial charge in [-0.15, -0.1) is 0 Å². The maximum atomic E-state index is 4.44. The van der Waals surface area contributed by atoms with E-state index in [2.05, 4.69) is 9.98 Å². The fourth-order valence-electron chi connectivity index (χ4n) is 1.86. The minimum Gasteiger partial charge on any atom is -0.257 e. The van der Waals surface area contributed by atoms with Crippen LogP contribution >= 0.6 is 0 Å². The molecule has 110 valence electrons. The molecule has 2 aromatic rings. The highest BCUT2D eigenvalue weighted by molar-refractivity contribution is 5.85. The number of aliphatic imine (C=N–C) groups is 2. The van der Waals surface area contributed by atoms with E-state index in [4.69, 9.17) is 0 Å². The van der Waals surface area contributed by atoms with Crippen LogP contribution in [-0.2, 0) is 0 Å². The highest BCUT2D eigenvalue weighted by Crippen LogP contribution is 2.10. The summed E-state index contributed by atoms with van der Waals surface area (Å²) >= 11 is 0. The van der Waals surface area contributed by atoms with E-state index in [1.165, 1.54) is 0 Å². The quantitative estimate of drug-likeness (QED) is 0.524. The van der Waals surface area contributed by atoms with Crippen LogP contribution in [0.3, 0.4) is 0 Å². The number of hydrogen-bond donors (Lipinski definition) is 0. The lowest BCUT2D eigenvalue weighted by Gasteiger charge is -1.97. The number of hydrogen-bond acceptors (Lipinski definition) is 2. The Morgan fingerprint density at radius 2 is 1.45 bits per heavy atom. The Labute approximate surface area is 132 Å². The largest absolute Gasteiger partial charge is 0.257 e. The first-order valence-corrected chi connectivity index (χ1v) is 7.34. The summed E-state index contributed by atoms with van der Waals surface area (Å²) in [7, 11) is 0. The Morgan fingerprint density at radius 3 is 2.05 bits per heavy atom. The Hall–Kier alpha value is -2.74. The number of allylic oxidation sites excluding steroid dienone is 3. The molecule has 0 spiro atoms. The van der Waals surface area contributed by atoms with E-state index in [-0.39, 0.29) is 0 Å². The van der Waals surface area contributed by atoms with E-state index in [1.807, 2.05) is 99.1 Å². The van der Waals surface area contributed by atoms with Crippen molar-refractivity contribution < 1.29 is 0 Å². The Kier molecular flexibility index (Phi) is 6.06. The molecule has 0 radical (unpaired) electrons. The van der Waals surface area contributed by atoms with Gasteiger partial charge in [0.25, 0.3) is 0 Å². The van der Waals surface area contributed by atoms with E-state index in [9.17, 15) is 0 Å². The summed E-state index contributed by atoms with van der Waals surface area (Å²) in [6.07, 6.45) is 9.69. The SMILES string of the molecule is C/C=C\C(=C/C)N=Cc1ccc(C=Nc2ccccc2)cc1. The summed E-state index contributed by atoms with van der Waals surface area (Å²) in [5.41, 5.74) is 4.05. The van der Waals surface area contributed by atoms with Crippen molar-refractivity contribution in [2.45, 2.75) is 13.8 Å². The van der Waals surface area contributed by atoms with Gasteiger partial charge < -0.3 is 0 Å². The third kappa shape index (κ3) is 4.98. The van der Waals surface area contributed by atoms with Crippen LogP contribution in [0.2, 0.25) is 0 Å². The summed E-state index contributed by atoms with van der Waals surface area (Å²) in [6, 6.07) is 18.1. The average Bonchev–Trinajstić information content (AvgIpc) is 2.58. The number of para-hydroxylation sites is 1. The molecule has 22 heavy (non-hydrogen) atoms. The number of rotatable bonds is 5. The Morgan fingerprint density at radius 1 is 0.818 bits per heavy atom. The fraction of sp³-hybridized carbons (Fsp3) is 0.100. The molecule has 0 unspecified atom stereocenters. The molecule has 2 nitrogen and oxygen atoms in total. The smallest absolute Gasteiger partial charge is 0.0629 e. The summed E-state index contributed by atoms with van der Waals surface area (Å²) in [4.78, 5) is 8.88. The van der Waals surface area contributed by atoms with Crippen LogP contribution in [0.25, 0.3) is 0 Å². The van der Waals surface area contributed by atoms with E-state index >= 15 is 0 Å². The maximum Gasteiger partial charge on any atom is 0.0629 e. The van der Waals surface area contributed by atoms with Gasteiger partial charge in [-0.3, -0.25) is 9.98 Å². The molecule has 0 amide bonds. The van der Waals surface area contributed by atoms with Crippen LogP contribution in [0.15, 0.2) is 88.5 Å². The fourth-order valence-corrected chi connectivity index (χ4v) is 1.86. The number of benzene rings is 2. The second-order valence-electron chi connectivity index (χ2n) is 4.73. The molecule has 0 fully saturated rings. The molecule has 2 aromatic carbocycles. The van der Waals surface area contributed by atoms with Crippen LogP contribution in [0, 0.1) is 0 Å². The highest BCUT2D eigenvalue weighted by Gasteiger charge is 1.91. The summed E-state index contributed by atoms with van der Waals surface area (Å²) in [5, 5.41) is 0. The molecule has 2 rings (SSSR count). The van der Waals surface area contributed by atoms with E-state index in [0.29, 0.717) is 0 Å². The van der Waals surface area contributed by atoms with E-state index in [1.54, 1.807) is 0 Å². The zero-order chi connectivity index (χ0) is 15.6. The molecule has 0 aliphatic carbocycles. The monoisotopic (exact) mass is 288 g/mol. The minimum absolute atomic E-state index is 0.956. The first-order valence-electron chi connectivity index (χ1n) is 7.34. The predicted octanol–water partition coefficient (Wildman–Crippen LogP) is 5.34. The molecule has 0 bridgehead atoms. The Bertz CT molecular complexity index is 690. The zero-order valence-corrected chi connectivity index (χ0v) is 13.0. The van der Waals surface area contributed by atoms with Gasteiger partial charge in [0, 0.05) is 12.4 Å². The number of nitrogens with zero attached hydrogens (tertiary/aromatic N) is 2. The van der Waals surface area contributed by atoms with E-state index < -0.39 is 0 Å². The van der Waals surface area contributed by atoms with Gasteiger partial charge in [-0.25, -0.2) is 0 Å². The first-order chi connectivity index (χ1) is 10.8. The van der Waals surface area contributed by atoms with Gasteiger partial charge >= 0.3 is 0 Å². The van der Waals surface area contributed by atoms with Crippen molar-refractivity contribution in [1.29, 1.82) is 0 Å². The summed E-state index contributed by atoms with van der Waals surface area (Å²) < 4.78 is 0. The lowest BCUT2D eigenvalue weighted by atomic mass is 10.1. The molecule has 2 heteroatoms. The molecule has 0 saturated carbocycles. The van der Waals surface area contributed by atoms with Gasteiger partial charge in [-0.1, -0.05) is 54.6 Å². The van der Waals surface area contributed by atoms with Gasteiger partial charge in [-0.05, 0) is 43.2 Å². The normalized spacial score (nSPS) is 12.7. The average molecular weight is 288 g/mol. The van der Waals surface area contributed by atoms with Crippen LogP contribution in [0.1, 0.15) is 25.0 Å². The maximum absolute atomic E-state index is 4.44. The lowest BCUT2D eigenvalue weighted by Crippen LogP contribution is -1.85. The third-order valence-electron chi connectivity index (χ3n) is 3.05. The van der Waals surface area contributed by atoms with Crippen molar-refractivity contribution >= 4 is 18.1 Å². The van der Waals surface area contributed by atoms with Gasteiger partial charge in [-0.2, -0.15) is 0 Å². The topological polar surface area (TPSA) is 24.7 Å². The van der Waals surface area contributed by atoms with Crippen molar-refractivity contribution in [1.82, 2.24) is 0 Å². The summed E-state index contributed by atoms with van der Waals surface area (Å²) in [5.74, 6) is 0. The van der Waals surface area contributed by atoms with Crippen molar-refractivity contribution in [3.05, 3.63) is 89.6 Å². The molecule has 0 aromatic heterocycles. The molecular formula is C20H20N2. The summed E-state index contributed by atoms with van der Waals surface area (Å²) in [6.45, 7) is 3.97. The second-order valence-corrected chi connectivity index (χ2v) is 4.73. The molecule has 0 aliphatic heterocycles. The molecule has 0 saturated heterocycles. The third-order valence-corrected chi connectivity index (χ3v) is 3.05. The Balaban J connectivity index is 2.04. The minimum atomic E-state index is 0.956. The van der Waals surface area contributed by atoms with Crippen LogP contribution in [0.5, 0.6) is 0 Å². The molecule has 0 heterocycles. The second kappa shape index (κ2) is 8.53. The molecule has 0 aliphatic rings. The lowest BCUT2D eigenvalue weighted by molar-refractivity contribution is 1.38. The van der Waals surface area contributed by atoms with Crippen molar-refractivity contribution in [3.63, 3.8) is 0 Å². The van der Waals surface area contributed by atoms with Gasteiger partial charge in [0.1, 0.15) is 0 Å². The molecule has 0 atom stereocenters. The molecular weight excluding hydrogens is 268 g/mol. The van der Waals surface area contributed by atoms with Crippen molar-refractivity contribution in [3.8, 4) is 0 Å². The van der Waals surface area contributed by atoms with Crippen LogP contribution in [-0.4, -0.2) is 12.4 Å². The van der Waals surface area contributed by atoms with Gasteiger partial charge in [0.2, 0.25) is 0 Å². The van der Waals surface area contributed by atoms with Crippen molar-refractivity contribution in [2.75, 3.05) is 0 Å². The molecule has 0 N–H and O–H groups in total. The standard InChI is InChI=1S/C20H20N2/c1-3-8-19(4-2)21-15-17-11-13-18(14-12-17)16-22-20-9-6-5-7-10-20/h3-16H,1-2H3/b8-3-,19-4+,21-15?,22-16?. The predicted molar refractivity (Wildman–Crippen MR) is 96.3 cm³/mol. The van der Waals surface area contributed by atoms with Crippen molar-refractivity contribution in [2.24, 2.45) is 9.98 Å². The zero-order valence-electron chi connectivity index (χ0n) is 13.0. The van der Waals surface area contributed by atoms with Crippen LogP contribution in [0.4, 0.5) is 5.69 Å².